The van der Waals surface area contributed by atoms with Crippen LogP contribution in [-0.2, 0) is 0 Å². The summed E-state index contributed by atoms with van der Waals surface area (Å²) in [4.78, 5) is 12.1. The first-order chi connectivity index (χ1) is 9.60. The SMILES string of the molecule is C[C@H](NC(=O)c1ccc(C#N)cc1)c1ccc(Cl)cc1. The number of hydrogen-bond donors (Lipinski definition) is 1. The van der Waals surface area contributed by atoms with Gasteiger partial charge in [-0.25, -0.2) is 0 Å². The van der Waals surface area contributed by atoms with Crippen molar-refractivity contribution in [3.63, 3.8) is 0 Å². The first-order valence-corrected chi connectivity index (χ1v) is 6.54. The van der Waals surface area contributed by atoms with E-state index in [1.54, 1.807) is 36.4 Å². The van der Waals surface area contributed by atoms with E-state index in [1.807, 2.05) is 25.1 Å². The molecule has 0 aliphatic heterocycles. The molecule has 20 heavy (non-hydrogen) atoms. The van der Waals surface area contributed by atoms with Crippen LogP contribution in [0, 0.1) is 11.3 Å². The molecule has 1 amide bonds. The Morgan fingerprint density at radius 3 is 2.30 bits per heavy atom. The lowest BCUT2D eigenvalue weighted by Crippen LogP contribution is -2.26. The average Bonchev–Trinajstić information content (AvgIpc) is 2.48. The lowest BCUT2D eigenvalue weighted by molar-refractivity contribution is 0.0940. The number of benzene rings is 2. The molecule has 0 saturated heterocycles. The molecule has 4 heteroatoms. The van der Waals surface area contributed by atoms with Crippen molar-refractivity contribution in [1.82, 2.24) is 5.32 Å². The van der Waals surface area contributed by atoms with E-state index in [0.717, 1.165) is 5.56 Å². The fraction of sp³-hybridized carbons (Fsp3) is 0.125. The highest BCUT2D eigenvalue weighted by Gasteiger charge is 2.11. The van der Waals surface area contributed by atoms with Crippen LogP contribution < -0.4 is 5.32 Å². The van der Waals surface area contributed by atoms with Crippen molar-refractivity contribution < 1.29 is 4.79 Å². The summed E-state index contributed by atoms with van der Waals surface area (Å²) in [5.74, 6) is -0.170. The van der Waals surface area contributed by atoms with Gasteiger partial charge in [0.2, 0.25) is 0 Å². The summed E-state index contributed by atoms with van der Waals surface area (Å²) in [7, 11) is 0. The minimum Gasteiger partial charge on any atom is -0.346 e. The predicted molar refractivity (Wildman–Crippen MR) is 78.5 cm³/mol. The van der Waals surface area contributed by atoms with Gasteiger partial charge in [0.05, 0.1) is 17.7 Å². The van der Waals surface area contributed by atoms with Gasteiger partial charge in [0.1, 0.15) is 0 Å². The van der Waals surface area contributed by atoms with Gasteiger partial charge in [0.25, 0.3) is 5.91 Å². The van der Waals surface area contributed by atoms with E-state index in [0.29, 0.717) is 16.1 Å². The van der Waals surface area contributed by atoms with Gasteiger partial charge >= 0.3 is 0 Å². The lowest BCUT2D eigenvalue weighted by Gasteiger charge is -2.14. The van der Waals surface area contributed by atoms with Crippen LogP contribution in [0.4, 0.5) is 0 Å². The van der Waals surface area contributed by atoms with Gasteiger partial charge in [0.15, 0.2) is 0 Å². The van der Waals surface area contributed by atoms with Gasteiger partial charge in [0, 0.05) is 10.6 Å². The van der Waals surface area contributed by atoms with E-state index in [-0.39, 0.29) is 11.9 Å². The molecule has 2 aromatic carbocycles. The Hall–Kier alpha value is -2.31. The van der Waals surface area contributed by atoms with Crippen LogP contribution in [-0.4, -0.2) is 5.91 Å². The van der Waals surface area contributed by atoms with Crippen LogP contribution >= 0.6 is 11.6 Å². The van der Waals surface area contributed by atoms with Gasteiger partial charge in [-0.05, 0) is 48.9 Å². The molecule has 1 atom stereocenters. The number of nitrogens with zero attached hydrogens (tertiary/aromatic N) is 1. The number of hydrogen-bond acceptors (Lipinski definition) is 2. The maximum atomic E-state index is 12.1. The molecule has 0 radical (unpaired) electrons. The number of halogens is 1. The molecule has 0 fully saturated rings. The molecule has 2 rings (SSSR count). The number of nitriles is 1. The Morgan fingerprint density at radius 1 is 1.15 bits per heavy atom. The van der Waals surface area contributed by atoms with Crippen molar-refractivity contribution in [2.24, 2.45) is 0 Å². The highest BCUT2D eigenvalue weighted by atomic mass is 35.5. The Kier molecular flexibility index (Phi) is 4.39. The van der Waals surface area contributed by atoms with Crippen molar-refractivity contribution in [3.8, 4) is 6.07 Å². The van der Waals surface area contributed by atoms with Crippen molar-refractivity contribution in [2.75, 3.05) is 0 Å². The third kappa shape index (κ3) is 3.37. The van der Waals surface area contributed by atoms with Crippen LogP contribution in [0.1, 0.15) is 34.5 Å². The molecule has 0 aliphatic carbocycles. The van der Waals surface area contributed by atoms with E-state index in [4.69, 9.17) is 16.9 Å². The second kappa shape index (κ2) is 6.23. The number of rotatable bonds is 3. The molecule has 0 heterocycles. The third-order valence-corrected chi connectivity index (χ3v) is 3.25. The fourth-order valence-electron chi connectivity index (χ4n) is 1.81. The summed E-state index contributed by atoms with van der Waals surface area (Å²) < 4.78 is 0. The van der Waals surface area contributed by atoms with E-state index in [1.165, 1.54) is 0 Å². The third-order valence-electron chi connectivity index (χ3n) is 2.99. The van der Waals surface area contributed by atoms with Crippen molar-refractivity contribution in [3.05, 3.63) is 70.2 Å². The second-order valence-corrected chi connectivity index (χ2v) is 4.87. The molecule has 0 bridgehead atoms. The highest BCUT2D eigenvalue weighted by Crippen LogP contribution is 2.16. The molecular weight excluding hydrogens is 272 g/mol. The van der Waals surface area contributed by atoms with Crippen LogP contribution in [0.2, 0.25) is 5.02 Å². The minimum atomic E-state index is -0.170. The average molecular weight is 285 g/mol. The standard InChI is InChI=1S/C16H13ClN2O/c1-11(13-6-8-15(17)9-7-13)19-16(20)14-4-2-12(10-18)3-5-14/h2-9,11H,1H3,(H,19,20)/t11-/m0/s1. The summed E-state index contributed by atoms with van der Waals surface area (Å²) in [6.45, 7) is 1.91. The van der Waals surface area contributed by atoms with Gasteiger partial charge in [-0.15, -0.1) is 0 Å². The van der Waals surface area contributed by atoms with Gasteiger partial charge < -0.3 is 5.32 Å². The maximum absolute atomic E-state index is 12.1. The minimum absolute atomic E-state index is 0.115. The van der Waals surface area contributed by atoms with Gasteiger partial charge in [-0.2, -0.15) is 5.26 Å². The second-order valence-electron chi connectivity index (χ2n) is 4.44. The fourth-order valence-corrected chi connectivity index (χ4v) is 1.94. The van der Waals surface area contributed by atoms with E-state index >= 15 is 0 Å². The molecule has 0 aliphatic rings. The molecular formula is C16H13ClN2O. The lowest BCUT2D eigenvalue weighted by atomic mass is 10.1. The molecule has 3 nitrogen and oxygen atoms in total. The maximum Gasteiger partial charge on any atom is 0.251 e. The van der Waals surface area contributed by atoms with Crippen LogP contribution in [0.15, 0.2) is 48.5 Å². The van der Waals surface area contributed by atoms with Crippen molar-refractivity contribution in [2.45, 2.75) is 13.0 Å². The van der Waals surface area contributed by atoms with Crippen LogP contribution in [0.5, 0.6) is 0 Å². The Labute approximate surface area is 122 Å². The number of nitrogens with one attached hydrogen (secondary N) is 1. The Morgan fingerprint density at radius 2 is 1.75 bits per heavy atom. The molecule has 2 aromatic rings. The monoisotopic (exact) mass is 284 g/mol. The van der Waals surface area contributed by atoms with Crippen LogP contribution in [0.3, 0.4) is 0 Å². The highest BCUT2D eigenvalue weighted by molar-refractivity contribution is 6.30. The Bertz CT molecular complexity index is 642. The summed E-state index contributed by atoms with van der Waals surface area (Å²) in [5.41, 5.74) is 2.05. The summed E-state index contributed by atoms with van der Waals surface area (Å²) in [6.07, 6.45) is 0. The summed E-state index contributed by atoms with van der Waals surface area (Å²) in [6, 6.07) is 15.8. The molecule has 0 aromatic heterocycles. The summed E-state index contributed by atoms with van der Waals surface area (Å²) >= 11 is 5.83. The zero-order chi connectivity index (χ0) is 14.5. The topological polar surface area (TPSA) is 52.9 Å². The quantitative estimate of drug-likeness (QED) is 0.934. The zero-order valence-corrected chi connectivity index (χ0v) is 11.7. The summed E-state index contributed by atoms with van der Waals surface area (Å²) in [5, 5.41) is 12.3. The normalized spacial score (nSPS) is 11.4. The molecule has 1 N–H and O–H groups in total. The molecule has 0 saturated carbocycles. The van der Waals surface area contributed by atoms with Gasteiger partial charge in [-0.3, -0.25) is 4.79 Å². The molecule has 100 valence electrons. The zero-order valence-electron chi connectivity index (χ0n) is 10.9. The molecule has 0 spiro atoms. The first kappa shape index (κ1) is 14.1. The Balaban J connectivity index is 2.06. The van der Waals surface area contributed by atoms with Crippen molar-refractivity contribution >= 4 is 17.5 Å². The predicted octanol–water partition coefficient (Wildman–Crippen LogP) is 3.70. The number of carbonyl (C=O) groups is 1. The van der Waals surface area contributed by atoms with E-state index in [9.17, 15) is 4.79 Å². The first-order valence-electron chi connectivity index (χ1n) is 6.16. The smallest absolute Gasteiger partial charge is 0.251 e. The van der Waals surface area contributed by atoms with Crippen LogP contribution in [0.25, 0.3) is 0 Å². The number of carbonyl (C=O) groups excluding carboxylic acids is 1. The molecule has 0 unspecified atom stereocenters. The van der Waals surface area contributed by atoms with Gasteiger partial charge in [-0.1, -0.05) is 23.7 Å². The van der Waals surface area contributed by atoms with E-state index in [2.05, 4.69) is 5.32 Å². The van der Waals surface area contributed by atoms with E-state index < -0.39 is 0 Å². The number of amides is 1. The largest absolute Gasteiger partial charge is 0.346 e. The van der Waals surface area contributed by atoms with Crippen molar-refractivity contribution in [1.29, 1.82) is 5.26 Å².